The number of aromatic nitrogens is 1. The van der Waals surface area contributed by atoms with Crippen LogP contribution in [0, 0.1) is 5.95 Å². The number of carbonyl (C=O) groups is 1. The number of carbonyl (C=O) groups excluding carboxylic acids is 1. The highest BCUT2D eigenvalue weighted by Gasteiger charge is 2.24. The number of nitrogens with zero attached hydrogens (tertiary/aromatic N) is 1. The third-order valence-corrected chi connectivity index (χ3v) is 4.80. The maximum atomic E-state index is 13.9. The quantitative estimate of drug-likeness (QED) is 0.281. The molecule has 0 bridgehead atoms. The number of rotatable bonds is 2. The molecule has 0 aliphatic heterocycles. The van der Waals surface area contributed by atoms with Crippen LogP contribution in [0.25, 0.3) is 11.1 Å². The molecule has 0 saturated carbocycles. The van der Waals surface area contributed by atoms with Crippen LogP contribution in [0.1, 0.15) is 10.4 Å². The zero-order valence-corrected chi connectivity index (χ0v) is 13.1. The molecule has 0 amide bonds. The molecule has 0 spiro atoms. The highest BCUT2D eigenvalue weighted by atomic mass is 35.5. The third kappa shape index (κ3) is 2.49. The smallest absolute Gasteiger partial charge is 0.221 e. The molecule has 0 fully saturated rings. The summed E-state index contributed by atoms with van der Waals surface area (Å²) in [6, 6.07) is 1.31. The first-order valence-corrected chi connectivity index (χ1v) is 6.90. The van der Waals surface area contributed by atoms with Gasteiger partial charge in [0.15, 0.2) is 6.29 Å². The molecule has 1 aromatic carbocycles. The van der Waals surface area contributed by atoms with Gasteiger partial charge in [-0.05, 0) is 6.07 Å². The van der Waals surface area contributed by atoms with Crippen molar-refractivity contribution in [2.24, 2.45) is 0 Å². The summed E-state index contributed by atoms with van der Waals surface area (Å²) in [5.74, 6) is -0.923. The highest BCUT2D eigenvalue weighted by molar-refractivity contribution is 6.56. The fourth-order valence-corrected chi connectivity index (χ4v) is 2.95. The predicted molar refractivity (Wildman–Crippen MR) is 80.1 cm³/mol. The summed E-state index contributed by atoms with van der Waals surface area (Å²) in [5, 5.41) is -0.443. The van der Waals surface area contributed by atoms with E-state index in [0.717, 1.165) is 6.20 Å². The van der Waals surface area contributed by atoms with Gasteiger partial charge in [0.05, 0.1) is 30.7 Å². The average Bonchev–Trinajstić information content (AvgIpc) is 2.44. The number of pyridine rings is 1. The van der Waals surface area contributed by atoms with E-state index in [1.807, 2.05) is 0 Å². The minimum Gasteiger partial charge on any atom is -0.298 e. The summed E-state index contributed by atoms with van der Waals surface area (Å²) >= 11 is 29.8. The van der Waals surface area contributed by atoms with Gasteiger partial charge >= 0.3 is 0 Å². The molecule has 0 saturated heterocycles. The van der Waals surface area contributed by atoms with Gasteiger partial charge in [0, 0.05) is 17.3 Å². The molecule has 2 rings (SSSR count). The van der Waals surface area contributed by atoms with Gasteiger partial charge in [-0.3, -0.25) is 4.79 Å². The van der Waals surface area contributed by atoms with Crippen molar-refractivity contribution < 1.29 is 9.18 Å². The maximum absolute atomic E-state index is 13.9. The fraction of sp³-hybridized carbons (Fsp3) is 0. The van der Waals surface area contributed by atoms with E-state index in [1.165, 1.54) is 6.07 Å². The number of hydrogen-bond donors (Lipinski definition) is 0. The van der Waals surface area contributed by atoms with E-state index >= 15 is 0 Å². The molecule has 1 heterocycles. The molecule has 0 aliphatic rings. The molecule has 8 heteroatoms. The zero-order valence-electron chi connectivity index (χ0n) is 9.36. The van der Waals surface area contributed by atoms with Crippen LogP contribution in [0.4, 0.5) is 4.39 Å². The highest BCUT2D eigenvalue weighted by Crippen LogP contribution is 2.49. The fourth-order valence-electron chi connectivity index (χ4n) is 1.62. The van der Waals surface area contributed by atoms with Gasteiger partial charge in [0.2, 0.25) is 5.95 Å². The molecular weight excluding hydrogens is 370 g/mol. The lowest BCUT2D eigenvalue weighted by atomic mass is 10.0. The monoisotopic (exact) mass is 371 g/mol. The molecule has 2 nitrogen and oxygen atoms in total. The Morgan fingerprint density at radius 2 is 1.40 bits per heavy atom. The topological polar surface area (TPSA) is 30.0 Å². The van der Waals surface area contributed by atoms with Crippen molar-refractivity contribution in [1.29, 1.82) is 0 Å². The van der Waals surface area contributed by atoms with E-state index in [1.54, 1.807) is 0 Å². The lowest BCUT2D eigenvalue weighted by Gasteiger charge is -2.14. The molecule has 0 N–H and O–H groups in total. The van der Waals surface area contributed by atoms with Gasteiger partial charge < -0.3 is 0 Å². The van der Waals surface area contributed by atoms with Crippen molar-refractivity contribution in [1.82, 2.24) is 4.98 Å². The zero-order chi connectivity index (χ0) is 15.0. The second-order valence-corrected chi connectivity index (χ2v) is 5.52. The normalized spacial score (nSPS) is 10.7. The first-order chi connectivity index (χ1) is 9.40. The molecule has 104 valence electrons. The third-order valence-electron chi connectivity index (χ3n) is 2.52. The SMILES string of the molecule is O=Cc1ccnc(F)c1-c1c(Cl)c(Cl)c(Cl)c(Cl)c1Cl. The summed E-state index contributed by atoms with van der Waals surface area (Å²) < 4.78 is 13.9. The minimum absolute atomic E-state index is 0.00996. The summed E-state index contributed by atoms with van der Waals surface area (Å²) in [7, 11) is 0. The predicted octanol–water partition coefficient (Wildman–Crippen LogP) is 5.97. The van der Waals surface area contributed by atoms with Gasteiger partial charge in [-0.25, -0.2) is 4.98 Å². The number of hydrogen-bond acceptors (Lipinski definition) is 2. The molecule has 0 aliphatic carbocycles. The molecule has 20 heavy (non-hydrogen) atoms. The van der Waals surface area contributed by atoms with E-state index in [9.17, 15) is 9.18 Å². The van der Waals surface area contributed by atoms with Crippen molar-refractivity contribution in [3.8, 4) is 11.1 Å². The Hall–Kier alpha value is -0.580. The minimum atomic E-state index is -0.923. The largest absolute Gasteiger partial charge is 0.298 e. The van der Waals surface area contributed by atoms with E-state index in [4.69, 9.17) is 58.0 Å². The van der Waals surface area contributed by atoms with E-state index in [0.29, 0.717) is 6.29 Å². The molecule has 0 radical (unpaired) electrons. The summed E-state index contributed by atoms with van der Waals surface area (Å²) in [6.45, 7) is 0. The Kier molecular flexibility index (Phi) is 4.77. The van der Waals surface area contributed by atoms with Crippen molar-refractivity contribution in [3.63, 3.8) is 0 Å². The van der Waals surface area contributed by atoms with E-state index < -0.39 is 5.95 Å². The van der Waals surface area contributed by atoms with Crippen LogP contribution in [0.15, 0.2) is 12.3 Å². The lowest BCUT2D eigenvalue weighted by molar-refractivity contribution is 0.112. The van der Waals surface area contributed by atoms with Gasteiger partial charge in [-0.15, -0.1) is 0 Å². The molecule has 2 aromatic rings. The number of halogens is 6. The van der Waals surface area contributed by atoms with Crippen molar-refractivity contribution in [3.05, 3.63) is 48.9 Å². The van der Waals surface area contributed by atoms with Crippen molar-refractivity contribution in [2.75, 3.05) is 0 Å². The van der Waals surface area contributed by atoms with E-state index in [-0.39, 0.29) is 41.8 Å². The van der Waals surface area contributed by atoms with Gasteiger partial charge in [0.1, 0.15) is 0 Å². The van der Waals surface area contributed by atoms with Crippen LogP contribution < -0.4 is 0 Å². The Morgan fingerprint density at radius 3 is 1.90 bits per heavy atom. The molecular formula is C12H3Cl5FNO. The molecule has 1 aromatic heterocycles. The Labute approximate surface area is 138 Å². The first-order valence-electron chi connectivity index (χ1n) is 5.01. The van der Waals surface area contributed by atoms with Crippen LogP contribution in [-0.2, 0) is 0 Å². The number of aldehydes is 1. The van der Waals surface area contributed by atoms with Crippen LogP contribution >= 0.6 is 58.0 Å². The lowest BCUT2D eigenvalue weighted by Crippen LogP contribution is -1.97. The van der Waals surface area contributed by atoms with Gasteiger partial charge in [0.25, 0.3) is 0 Å². The van der Waals surface area contributed by atoms with Crippen LogP contribution in [0.2, 0.25) is 25.1 Å². The second-order valence-electron chi connectivity index (χ2n) is 3.63. The summed E-state index contributed by atoms with van der Waals surface area (Å²) in [4.78, 5) is 14.5. The standard InChI is InChI=1S/C12H3Cl5FNO/c13-7-6(8(14)10(16)11(17)9(7)15)5-4(3-20)1-2-19-12(5)18/h1-3H. The first kappa shape index (κ1) is 15.8. The van der Waals surface area contributed by atoms with Crippen molar-refractivity contribution in [2.45, 2.75) is 0 Å². The van der Waals surface area contributed by atoms with Crippen LogP contribution in [-0.4, -0.2) is 11.3 Å². The number of benzene rings is 1. The second kappa shape index (κ2) is 6.04. The Morgan fingerprint density at radius 1 is 0.900 bits per heavy atom. The van der Waals surface area contributed by atoms with Crippen LogP contribution in [0.5, 0.6) is 0 Å². The van der Waals surface area contributed by atoms with E-state index in [2.05, 4.69) is 4.98 Å². The summed E-state index contributed by atoms with van der Waals surface area (Å²) in [5.41, 5.74) is -0.200. The van der Waals surface area contributed by atoms with Gasteiger partial charge in [-0.2, -0.15) is 4.39 Å². The maximum Gasteiger partial charge on any atom is 0.221 e. The molecule has 0 unspecified atom stereocenters. The Balaban J connectivity index is 2.95. The van der Waals surface area contributed by atoms with Crippen molar-refractivity contribution >= 4 is 64.3 Å². The average molecular weight is 373 g/mol. The van der Waals surface area contributed by atoms with Gasteiger partial charge in [-0.1, -0.05) is 58.0 Å². The van der Waals surface area contributed by atoms with Crippen LogP contribution in [0.3, 0.4) is 0 Å². The molecule has 0 atom stereocenters. The summed E-state index contributed by atoms with van der Waals surface area (Å²) in [6.07, 6.45) is 1.59. The Bertz CT molecular complexity index is 690.